The number of halogens is 4. The number of aromatic nitrogens is 2. The first-order valence-electron chi connectivity index (χ1n) is 12.4. The van der Waals surface area contributed by atoms with E-state index >= 15 is 0 Å². The molecule has 0 bridgehead atoms. The van der Waals surface area contributed by atoms with Gasteiger partial charge in [0.2, 0.25) is 5.89 Å². The number of alkyl halides is 3. The van der Waals surface area contributed by atoms with Crippen LogP contribution in [-0.2, 0) is 0 Å². The summed E-state index contributed by atoms with van der Waals surface area (Å²) in [7, 11) is -1.35. The van der Waals surface area contributed by atoms with Gasteiger partial charge in [-0.05, 0) is 60.9 Å². The van der Waals surface area contributed by atoms with Crippen molar-refractivity contribution in [3.05, 3.63) is 118 Å². The largest absolute Gasteiger partial charge is 0.573 e. The van der Waals surface area contributed by atoms with Gasteiger partial charge in [0, 0.05) is 21.5 Å². The minimum absolute atomic E-state index is 0.260. The highest BCUT2D eigenvalue weighted by atomic mass is 79.9. The second-order valence-electron chi connectivity index (χ2n) is 8.87. The second kappa shape index (κ2) is 13.9. The average molecular weight is 663 g/mol. The summed E-state index contributed by atoms with van der Waals surface area (Å²) in [6.07, 6.45) is -4.73. The zero-order chi connectivity index (χ0) is 31.9. The average Bonchev–Trinajstić information content (AvgIpc) is 3.59. The molecule has 0 radical (unpaired) electrons. The molecule has 0 fully saturated rings. The topological polar surface area (TPSA) is 110 Å². The van der Waals surface area contributed by atoms with Crippen LogP contribution in [0.4, 0.5) is 24.5 Å². The molecule has 0 saturated heterocycles. The summed E-state index contributed by atoms with van der Waals surface area (Å²) in [5, 5.41) is 17.3. The zero-order valence-corrected chi connectivity index (χ0v) is 24.2. The summed E-state index contributed by atoms with van der Waals surface area (Å²) in [5.41, 5.74) is 5.57. The molecule has 0 unspecified atom stereocenters. The van der Waals surface area contributed by atoms with Crippen LogP contribution in [0, 0.1) is 20.1 Å². The van der Waals surface area contributed by atoms with Crippen molar-refractivity contribution < 1.29 is 36.8 Å². The van der Waals surface area contributed by atoms with E-state index in [1.807, 2.05) is 19.1 Å². The first kappa shape index (κ1) is 31.8. The number of oxazole rings is 2. The number of benzene rings is 4. The minimum Gasteiger partial charge on any atom is -0.436 e. The molecule has 0 spiro atoms. The monoisotopic (exact) mass is 662 g/mol. The Morgan fingerprint density at radius 2 is 1.34 bits per heavy atom. The lowest BCUT2D eigenvalue weighted by Gasteiger charge is -2.08. The molecule has 0 saturated carbocycles. The molecule has 220 valence electrons. The molecule has 0 aliphatic rings. The molecule has 4 aromatic carbocycles. The Morgan fingerprint density at radius 3 is 1.86 bits per heavy atom. The number of ether oxygens (including phenoxy) is 1. The van der Waals surface area contributed by atoms with E-state index in [4.69, 9.17) is 32.0 Å². The maximum Gasteiger partial charge on any atom is 0.573 e. The van der Waals surface area contributed by atoms with Crippen LogP contribution in [0.15, 0.2) is 98.6 Å². The summed E-state index contributed by atoms with van der Waals surface area (Å²) in [6.45, 7) is 15.7. The lowest BCUT2D eigenvalue weighted by Crippen LogP contribution is -2.29. The molecule has 2 aromatic heterocycles. The Bertz CT molecular complexity index is 1960. The van der Waals surface area contributed by atoms with Crippen LogP contribution in [0.5, 0.6) is 5.75 Å². The summed E-state index contributed by atoms with van der Waals surface area (Å²) in [4.78, 5) is 15.3. The van der Waals surface area contributed by atoms with Crippen LogP contribution >= 0.6 is 15.9 Å². The Balaban J connectivity index is 0.000000168. The Hall–Kier alpha value is -5.15. The highest BCUT2D eigenvalue weighted by molar-refractivity contribution is 9.10. The molecule has 2 N–H and O–H groups in total. The van der Waals surface area contributed by atoms with Crippen LogP contribution in [-0.4, -0.2) is 33.5 Å². The van der Waals surface area contributed by atoms with Crippen molar-refractivity contribution in [1.29, 1.82) is 0 Å². The highest BCUT2D eigenvalue weighted by Gasteiger charge is 2.31. The van der Waals surface area contributed by atoms with Gasteiger partial charge in [-0.25, -0.2) is 19.7 Å². The van der Waals surface area contributed by atoms with E-state index in [1.165, 1.54) is 24.3 Å². The minimum atomic E-state index is -4.73. The molecule has 6 aromatic rings. The molecule has 0 aliphatic carbocycles. The number of nitrogens with zero attached hydrogens (tertiary/aromatic N) is 4. The highest BCUT2D eigenvalue weighted by Crippen LogP contribution is 2.30. The predicted octanol–water partition coefficient (Wildman–Crippen LogP) is 7.76. The van der Waals surface area contributed by atoms with E-state index in [9.17, 15) is 13.2 Å². The standard InChI is InChI=1S/C15H7F3N2O2.C8H3BrN2O.C7H9BO2/c1-19-10-4-7-13-12(8-10)20-14(21-13)9-2-5-11(6-3-9)22-15(16,17)18;1-10-5-2-3-7-6(4-5)11-8(9)12-7;1-6-2-4-7(5-3-6)8(9)10/h2-8H;2-4H;2-5,9-10H,1H3. The molecule has 6 rings (SSSR count). The lowest BCUT2D eigenvalue weighted by atomic mass is 9.80. The van der Waals surface area contributed by atoms with Crippen molar-refractivity contribution in [1.82, 2.24) is 9.97 Å². The molecule has 2 heterocycles. The normalized spacial score (nSPS) is 10.6. The van der Waals surface area contributed by atoms with E-state index in [-0.39, 0.29) is 11.6 Å². The summed E-state index contributed by atoms with van der Waals surface area (Å²) in [6, 6.07) is 22.2. The van der Waals surface area contributed by atoms with Crippen LogP contribution in [0.25, 0.3) is 43.3 Å². The van der Waals surface area contributed by atoms with Gasteiger partial charge in [-0.3, -0.25) is 0 Å². The first-order chi connectivity index (χ1) is 20.9. The van der Waals surface area contributed by atoms with Crippen LogP contribution in [0.2, 0.25) is 0 Å². The van der Waals surface area contributed by atoms with Crippen molar-refractivity contribution in [2.45, 2.75) is 13.3 Å². The third-order valence-corrected chi connectivity index (χ3v) is 6.02. The second-order valence-corrected chi connectivity index (χ2v) is 9.55. The van der Waals surface area contributed by atoms with Gasteiger partial charge in [-0.15, -0.1) is 13.2 Å². The van der Waals surface area contributed by atoms with Crippen molar-refractivity contribution >= 4 is 62.1 Å². The molecule has 0 aliphatic heterocycles. The summed E-state index contributed by atoms with van der Waals surface area (Å²) < 4.78 is 50.8. The Morgan fingerprint density at radius 1 is 0.795 bits per heavy atom. The van der Waals surface area contributed by atoms with Gasteiger partial charge in [-0.2, -0.15) is 0 Å². The Kier molecular flexibility index (Phi) is 10.0. The number of hydrogen-bond acceptors (Lipinski definition) is 7. The fourth-order valence-electron chi connectivity index (χ4n) is 3.60. The number of aryl methyl sites for hydroxylation is 1. The Labute approximate surface area is 257 Å². The number of hydrogen-bond donors (Lipinski definition) is 2. The summed E-state index contributed by atoms with van der Waals surface area (Å²) in [5.74, 6) is -0.0571. The lowest BCUT2D eigenvalue weighted by molar-refractivity contribution is -0.274. The van der Waals surface area contributed by atoms with E-state index < -0.39 is 13.5 Å². The van der Waals surface area contributed by atoms with Gasteiger partial charge in [0.05, 0.1) is 24.2 Å². The van der Waals surface area contributed by atoms with Crippen LogP contribution in [0.3, 0.4) is 0 Å². The van der Waals surface area contributed by atoms with Crippen LogP contribution in [0.1, 0.15) is 5.56 Å². The fraction of sp³-hybridized carbons (Fsp3) is 0.0667. The van der Waals surface area contributed by atoms with Crippen molar-refractivity contribution in [3.8, 4) is 17.2 Å². The maximum atomic E-state index is 12.1. The summed E-state index contributed by atoms with van der Waals surface area (Å²) >= 11 is 3.12. The van der Waals surface area contributed by atoms with E-state index in [1.54, 1.807) is 48.5 Å². The SMILES string of the molecule is Cc1ccc(B(O)O)cc1.[C-]#[N+]c1ccc2oc(-c3ccc(OC(F)(F)F)cc3)nc2c1.[C-]#[N+]c1ccc2oc(Br)nc2c1. The smallest absolute Gasteiger partial charge is 0.436 e. The molecule has 9 nitrogen and oxygen atoms in total. The van der Waals surface area contributed by atoms with Crippen molar-refractivity contribution in [2.24, 2.45) is 0 Å². The molecular formula is C30H19BBrF3N4O5. The van der Waals surface area contributed by atoms with Gasteiger partial charge >= 0.3 is 13.5 Å². The molecule has 14 heteroatoms. The number of fused-ring (bicyclic) bond motifs is 2. The third kappa shape index (κ3) is 8.69. The van der Waals surface area contributed by atoms with E-state index in [0.717, 1.165) is 5.56 Å². The molecular weight excluding hydrogens is 644 g/mol. The molecule has 44 heavy (non-hydrogen) atoms. The quantitative estimate of drug-likeness (QED) is 0.147. The molecule has 0 amide bonds. The number of rotatable bonds is 3. The maximum absolute atomic E-state index is 12.1. The van der Waals surface area contributed by atoms with Gasteiger partial charge < -0.3 is 23.6 Å². The third-order valence-electron chi connectivity index (χ3n) is 5.68. The fourth-order valence-corrected chi connectivity index (χ4v) is 3.97. The molecule has 0 atom stereocenters. The van der Waals surface area contributed by atoms with Gasteiger partial charge in [-0.1, -0.05) is 42.0 Å². The van der Waals surface area contributed by atoms with Gasteiger partial charge in [0.1, 0.15) is 5.75 Å². The van der Waals surface area contributed by atoms with Crippen LogP contribution < -0.4 is 10.2 Å². The first-order valence-corrected chi connectivity index (χ1v) is 13.2. The van der Waals surface area contributed by atoms with E-state index in [2.05, 4.69) is 40.3 Å². The van der Waals surface area contributed by atoms with Crippen molar-refractivity contribution in [3.63, 3.8) is 0 Å². The van der Waals surface area contributed by atoms with Crippen molar-refractivity contribution in [2.75, 3.05) is 0 Å². The predicted molar refractivity (Wildman–Crippen MR) is 161 cm³/mol. The van der Waals surface area contributed by atoms with Gasteiger partial charge in [0.25, 0.3) is 4.80 Å². The van der Waals surface area contributed by atoms with E-state index in [0.29, 0.717) is 49.4 Å². The zero-order valence-electron chi connectivity index (χ0n) is 22.6. The van der Waals surface area contributed by atoms with Gasteiger partial charge in [0.15, 0.2) is 22.5 Å².